The molecule has 4 rings (SSSR count). The summed E-state index contributed by atoms with van der Waals surface area (Å²) in [4.78, 5) is 24.1. The van der Waals surface area contributed by atoms with Gasteiger partial charge in [-0.1, -0.05) is 4.47 Å². The number of hydrogen-bond donors (Lipinski definition) is 1. The van der Waals surface area contributed by atoms with Crippen molar-refractivity contribution in [1.82, 2.24) is 24.5 Å². The molecular weight excluding hydrogens is 394 g/mol. The molecule has 1 aliphatic heterocycles. The average molecular weight is 420 g/mol. The van der Waals surface area contributed by atoms with Crippen LogP contribution in [0, 0.1) is 0 Å². The van der Waals surface area contributed by atoms with Gasteiger partial charge in [0.1, 0.15) is 5.82 Å². The smallest absolute Gasteiger partial charge is 0.264 e. The van der Waals surface area contributed by atoms with Crippen LogP contribution >= 0.6 is 0 Å². The van der Waals surface area contributed by atoms with Crippen molar-refractivity contribution in [3.05, 3.63) is 41.5 Å². The van der Waals surface area contributed by atoms with Crippen molar-refractivity contribution >= 4 is 15.9 Å². The van der Waals surface area contributed by atoms with E-state index in [0.29, 0.717) is 24.6 Å². The number of amides is 1. The number of carbonyl (C=O) groups is 1. The number of nitrogens with one attached hydrogen (secondary N) is 1. The molecule has 2 aliphatic rings. The standard InChI is InChI=1S/C19H25N5O4S/c1-23(28-2)29(26,27)16-7-5-15(6-8-16)19(25)24-11-9-14(10-12-24)18-20-17(21-22-18)13-3-4-13/h5-8,13-14H,3-4,9-12H2,1-2H3,(H,20,21,22). The Balaban J connectivity index is 1.37. The predicted octanol–water partition coefficient (Wildman–Crippen LogP) is 1.88. The van der Waals surface area contributed by atoms with E-state index in [2.05, 4.69) is 15.2 Å². The van der Waals surface area contributed by atoms with Gasteiger partial charge in [-0.3, -0.25) is 14.7 Å². The Morgan fingerprint density at radius 1 is 1.14 bits per heavy atom. The van der Waals surface area contributed by atoms with E-state index >= 15 is 0 Å². The zero-order chi connectivity index (χ0) is 20.6. The molecule has 1 saturated heterocycles. The molecule has 0 radical (unpaired) electrons. The van der Waals surface area contributed by atoms with Gasteiger partial charge in [0.05, 0.1) is 12.0 Å². The summed E-state index contributed by atoms with van der Waals surface area (Å²) >= 11 is 0. The first-order valence-electron chi connectivity index (χ1n) is 9.74. The molecular formula is C19H25N5O4S. The summed E-state index contributed by atoms with van der Waals surface area (Å²) in [5, 5.41) is 7.39. The van der Waals surface area contributed by atoms with Crippen LogP contribution in [0.5, 0.6) is 0 Å². The number of rotatable bonds is 6. The lowest BCUT2D eigenvalue weighted by Gasteiger charge is -2.31. The molecule has 1 aromatic heterocycles. The molecule has 0 atom stereocenters. The largest absolute Gasteiger partial charge is 0.339 e. The third-order valence-corrected chi connectivity index (χ3v) is 7.32. The second-order valence-electron chi connectivity index (χ2n) is 7.54. The number of benzene rings is 1. The molecule has 0 spiro atoms. The molecule has 9 nitrogen and oxygen atoms in total. The van der Waals surface area contributed by atoms with Crippen LogP contribution in [0.25, 0.3) is 0 Å². The number of H-pyrrole nitrogens is 1. The van der Waals surface area contributed by atoms with E-state index in [-0.39, 0.29) is 16.7 Å². The summed E-state index contributed by atoms with van der Waals surface area (Å²) in [6, 6.07) is 5.95. The van der Waals surface area contributed by atoms with Gasteiger partial charge in [-0.05, 0) is 49.9 Å². The number of nitrogens with zero attached hydrogens (tertiary/aromatic N) is 4. The molecule has 0 unspecified atom stereocenters. The van der Waals surface area contributed by atoms with Gasteiger partial charge in [0.15, 0.2) is 5.82 Å². The van der Waals surface area contributed by atoms with Crippen LogP contribution in [0.3, 0.4) is 0 Å². The summed E-state index contributed by atoms with van der Waals surface area (Å²) in [7, 11) is -1.12. The van der Waals surface area contributed by atoms with Gasteiger partial charge in [-0.2, -0.15) is 5.10 Å². The molecule has 1 N–H and O–H groups in total. The number of likely N-dealkylation sites (tertiary alicyclic amines) is 1. The van der Waals surface area contributed by atoms with Crippen molar-refractivity contribution < 1.29 is 18.0 Å². The average Bonchev–Trinajstić information content (AvgIpc) is 3.49. The normalized spacial score (nSPS) is 18.4. The van der Waals surface area contributed by atoms with Crippen LogP contribution < -0.4 is 0 Å². The molecule has 2 heterocycles. The van der Waals surface area contributed by atoms with Gasteiger partial charge >= 0.3 is 0 Å². The monoisotopic (exact) mass is 419 g/mol. The van der Waals surface area contributed by atoms with Crippen LogP contribution in [-0.2, 0) is 14.9 Å². The van der Waals surface area contributed by atoms with Crippen LogP contribution in [0.1, 0.15) is 59.5 Å². The highest BCUT2D eigenvalue weighted by Gasteiger charge is 2.31. The third-order valence-electron chi connectivity index (χ3n) is 5.63. The number of hydrogen-bond acceptors (Lipinski definition) is 6. The van der Waals surface area contributed by atoms with E-state index in [1.54, 1.807) is 17.0 Å². The zero-order valence-electron chi connectivity index (χ0n) is 16.5. The van der Waals surface area contributed by atoms with Gasteiger partial charge in [0.25, 0.3) is 15.9 Å². The minimum atomic E-state index is -3.72. The van der Waals surface area contributed by atoms with Crippen LogP contribution in [0.15, 0.2) is 29.2 Å². The molecule has 1 amide bonds. The summed E-state index contributed by atoms with van der Waals surface area (Å²) in [6.07, 6.45) is 4.00. The van der Waals surface area contributed by atoms with Crippen molar-refractivity contribution in [3.63, 3.8) is 0 Å². The van der Waals surface area contributed by atoms with Crippen molar-refractivity contribution in [2.45, 2.75) is 42.4 Å². The lowest BCUT2D eigenvalue weighted by Crippen LogP contribution is -2.38. The predicted molar refractivity (Wildman–Crippen MR) is 105 cm³/mol. The fourth-order valence-corrected chi connectivity index (χ4v) is 4.52. The van der Waals surface area contributed by atoms with E-state index in [1.165, 1.54) is 39.1 Å². The maximum atomic E-state index is 12.8. The summed E-state index contributed by atoms with van der Waals surface area (Å²) < 4.78 is 25.3. The molecule has 1 aliphatic carbocycles. The minimum absolute atomic E-state index is 0.0777. The number of sulfonamides is 1. The number of carbonyl (C=O) groups excluding carboxylic acids is 1. The van der Waals surface area contributed by atoms with Crippen LogP contribution in [0.2, 0.25) is 0 Å². The summed E-state index contributed by atoms with van der Waals surface area (Å²) in [6.45, 7) is 1.27. The van der Waals surface area contributed by atoms with Crippen molar-refractivity contribution in [2.24, 2.45) is 0 Å². The minimum Gasteiger partial charge on any atom is -0.339 e. The van der Waals surface area contributed by atoms with Crippen molar-refractivity contribution in [3.8, 4) is 0 Å². The first-order valence-corrected chi connectivity index (χ1v) is 11.2. The molecule has 10 heteroatoms. The highest BCUT2D eigenvalue weighted by atomic mass is 32.2. The van der Waals surface area contributed by atoms with Crippen LogP contribution in [0.4, 0.5) is 0 Å². The van der Waals surface area contributed by atoms with E-state index in [1.807, 2.05) is 0 Å². The molecule has 2 fully saturated rings. The van der Waals surface area contributed by atoms with E-state index in [9.17, 15) is 13.2 Å². The number of aromatic nitrogens is 3. The second-order valence-corrected chi connectivity index (χ2v) is 9.48. The van der Waals surface area contributed by atoms with Gasteiger partial charge in [0, 0.05) is 37.5 Å². The fraction of sp³-hybridized carbons (Fsp3) is 0.526. The van der Waals surface area contributed by atoms with Gasteiger partial charge in [-0.15, -0.1) is 0 Å². The Hall–Kier alpha value is -2.30. The van der Waals surface area contributed by atoms with E-state index < -0.39 is 10.0 Å². The number of hydroxylamine groups is 1. The topological polar surface area (TPSA) is 108 Å². The van der Waals surface area contributed by atoms with Gasteiger partial charge in [-0.25, -0.2) is 13.4 Å². The maximum Gasteiger partial charge on any atom is 0.264 e. The molecule has 29 heavy (non-hydrogen) atoms. The van der Waals surface area contributed by atoms with Crippen LogP contribution in [-0.4, -0.2) is 66.1 Å². The Labute approximate surface area is 170 Å². The maximum absolute atomic E-state index is 12.8. The van der Waals surface area contributed by atoms with Crippen molar-refractivity contribution in [1.29, 1.82) is 0 Å². The second kappa shape index (κ2) is 7.85. The Bertz CT molecular complexity index is 976. The molecule has 2 aromatic rings. The summed E-state index contributed by atoms with van der Waals surface area (Å²) in [5.41, 5.74) is 0.471. The lowest BCUT2D eigenvalue weighted by atomic mass is 9.95. The number of aromatic amines is 1. The fourth-order valence-electron chi connectivity index (χ4n) is 3.55. The lowest BCUT2D eigenvalue weighted by molar-refractivity contribution is -0.0258. The molecule has 1 saturated carbocycles. The molecule has 1 aromatic carbocycles. The van der Waals surface area contributed by atoms with Crippen molar-refractivity contribution in [2.75, 3.05) is 27.2 Å². The number of piperidine rings is 1. The zero-order valence-corrected chi connectivity index (χ0v) is 17.4. The third kappa shape index (κ3) is 4.05. The highest BCUT2D eigenvalue weighted by Crippen LogP contribution is 2.38. The highest BCUT2D eigenvalue weighted by molar-refractivity contribution is 7.89. The van der Waals surface area contributed by atoms with Gasteiger partial charge < -0.3 is 4.90 Å². The SMILES string of the molecule is CON(C)S(=O)(=O)c1ccc(C(=O)N2CCC(c3nc(C4CC4)n[nH]3)CC2)cc1. The Morgan fingerprint density at radius 3 is 2.38 bits per heavy atom. The first-order chi connectivity index (χ1) is 13.9. The molecule has 0 bridgehead atoms. The summed E-state index contributed by atoms with van der Waals surface area (Å²) in [5.74, 6) is 2.57. The first kappa shape index (κ1) is 20.0. The Morgan fingerprint density at radius 2 is 1.79 bits per heavy atom. The van der Waals surface area contributed by atoms with E-state index in [0.717, 1.165) is 29.0 Å². The van der Waals surface area contributed by atoms with E-state index in [4.69, 9.17) is 4.84 Å². The van der Waals surface area contributed by atoms with Gasteiger partial charge in [0.2, 0.25) is 0 Å². The molecule has 156 valence electrons. The quantitative estimate of drug-likeness (QED) is 0.716. The Kier molecular flexibility index (Phi) is 5.41.